The number of aromatic nitrogens is 2. The SMILES string of the molecule is CCCC(=O)N1N=C(c2ccc(OC)c(OC)c2)Sc2c1nc(C)n2C(=O)CCC. The molecule has 30 heavy (non-hydrogen) atoms. The highest BCUT2D eigenvalue weighted by molar-refractivity contribution is 8.14. The molecule has 1 aliphatic rings. The van der Waals surface area contributed by atoms with Gasteiger partial charge in [-0.2, -0.15) is 10.1 Å². The number of hydrogen-bond donors (Lipinski definition) is 0. The number of aryl methyl sites for hydroxylation is 1. The monoisotopic (exact) mass is 430 g/mol. The fourth-order valence-electron chi connectivity index (χ4n) is 3.18. The summed E-state index contributed by atoms with van der Waals surface area (Å²) in [6.07, 6.45) is 2.15. The van der Waals surface area contributed by atoms with E-state index in [4.69, 9.17) is 9.47 Å². The van der Waals surface area contributed by atoms with Crippen LogP contribution in [0.3, 0.4) is 0 Å². The van der Waals surface area contributed by atoms with Crippen molar-refractivity contribution in [2.24, 2.45) is 5.10 Å². The Morgan fingerprint density at radius 2 is 1.70 bits per heavy atom. The molecule has 2 heterocycles. The van der Waals surface area contributed by atoms with Crippen molar-refractivity contribution in [2.75, 3.05) is 19.2 Å². The lowest BCUT2D eigenvalue weighted by Gasteiger charge is -2.23. The summed E-state index contributed by atoms with van der Waals surface area (Å²) in [4.78, 5) is 30.1. The van der Waals surface area contributed by atoms with Crippen molar-refractivity contribution in [3.8, 4) is 11.5 Å². The Morgan fingerprint density at radius 3 is 2.33 bits per heavy atom. The van der Waals surface area contributed by atoms with E-state index in [0.717, 1.165) is 12.0 Å². The van der Waals surface area contributed by atoms with Crippen LogP contribution in [0.2, 0.25) is 0 Å². The number of methoxy groups -OCH3 is 2. The maximum absolute atomic E-state index is 12.8. The highest BCUT2D eigenvalue weighted by Crippen LogP contribution is 2.40. The highest BCUT2D eigenvalue weighted by atomic mass is 32.2. The first-order valence-corrected chi connectivity index (χ1v) is 10.7. The molecule has 0 saturated heterocycles. The fourth-order valence-corrected chi connectivity index (χ4v) is 4.28. The molecule has 0 bridgehead atoms. The summed E-state index contributed by atoms with van der Waals surface area (Å²) in [6, 6.07) is 5.44. The second-order valence-corrected chi connectivity index (χ2v) is 7.78. The lowest BCUT2D eigenvalue weighted by molar-refractivity contribution is -0.118. The van der Waals surface area contributed by atoms with Gasteiger partial charge in [0.25, 0.3) is 0 Å². The lowest BCUT2D eigenvalue weighted by Crippen LogP contribution is -2.30. The molecular weight excluding hydrogens is 404 g/mol. The van der Waals surface area contributed by atoms with Gasteiger partial charge < -0.3 is 9.47 Å². The van der Waals surface area contributed by atoms with Crippen LogP contribution in [-0.2, 0) is 4.79 Å². The van der Waals surface area contributed by atoms with E-state index < -0.39 is 0 Å². The zero-order chi connectivity index (χ0) is 21.8. The van der Waals surface area contributed by atoms with Gasteiger partial charge in [0.15, 0.2) is 17.3 Å². The van der Waals surface area contributed by atoms with Gasteiger partial charge in [-0.05, 0) is 49.7 Å². The van der Waals surface area contributed by atoms with Crippen LogP contribution >= 0.6 is 11.8 Å². The van der Waals surface area contributed by atoms with Crippen LogP contribution in [0.25, 0.3) is 0 Å². The van der Waals surface area contributed by atoms with E-state index in [1.165, 1.54) is 16.8 Å². The van der Waals surface area contributed by atoms with Crippen LogP contribution in [-0.4, -0.2) is 40.6 Å². The van der Waals surface area contributed by atoms with Gasteiger partial charge in [0.2, 0.25) is 11.8 Å². The summed E-state index contributed by atoms with van der Waals surface area (Å²) >= 11 is 1.32. The number of thioether (sulfide) groups is 1. The lowest BCUT2D eigenvalue weighted by atomic mass is 10.2. The maximum Gasteiger partial charge on any atom is 0.248 e. The van der Waals surface area contributed by atoms with Crippen LogP contribution in [0, 0.1) is 6.92 Å². The largest absolute Gasteiger partial charge is 0.493 e. The molecule has 2 aromatic rings. The number of ether oxygens (including phenoxy) is 2. The van der Waals surface area contributed by atoms with Crippen LogP contribution in [0.4, 0.5) is 5.82 Å². The molecule has 0 N–H and O–H groups in total. The average Bonchev–Trinajstić information content (AvgIpc) is 3.08. The topological polar surface area (TPSA) is 86.0 Å². The normalized spacial score (nSPS) is 13.0. The Bertz CT molecular complexity index is 999. The predicted molar refractivity (Wildman–Crippen MR) is 117 cm³/mol. The molecule has 0 aliphatic carbocycles. The quantitative estimate of drug-likeness (QED) is 0.653. The third-order valence-corrected chi connectivity index (χ3v) is 5.68. The van der Waals surface area contributed by atoms with Crippen LogP contribution in [0.1, 0.15) is 55.7 Å². The molecule has 1 aromatic carbocycles. The Labute approximate surface area is 180 Å². The molecule has 1 amide bonds. The van der Waals surface area contributed by atoms with Gasteiger partial charge in [0.1, 0.15) is 15.9 Å². The minimum Gasteiger partial charge on any atom is -0.493 e. The van der Waals surface area contributed by atoms with Crippen molar-refractivity contribution in [1.82, 2.24) is 9.55 Å². The van der Waals surface area contributed by atoms with E-state index in [0.29, 0.717) is 52.5 Å². The summed E-state index contributed by atoms with van der Waals surface area (Å²) in [5, 5.41) is 7.09. The van der Waals surface area contributed by atoms with E-state index in [1.54, 1.807) is 37.8 Å². The molecule has 3 rings (SSSR count). The van der Waals surface area contributed by atoms with Gasteiger partial charge in [0, 0.05) is 18.4 Å². The van der Waals surface area contributed by atoms with Gasteiger partial charge in [-0.1, -0.05) is 13.8 Å². The van der Waals surface area contributed by atoms with Gasteiger partial charge in [-0.25, -0.2) is 4.98 Å². The number of hydrazone groups is 1. The summed E-state index contributed by atoms with van der Waals surface area (Å²) in [7, 11) is 3.14. The van der Waals surface area contributed by atoms with Gasteiger partial charge in [-0.3, -0.25) is 14.2 Å². The number of nitrogens with zero attached hydrogens (tertiary/aromatic N) is 4. The van der Waals surface area contributed by atoms with E-state index >= 15 is 0 Å². The molecule has 0 spiro atoms. The molecule has 8 nitrogen and oxygen atoms in total. The molecule has 1 aliphatic heterocycles. The molecular formula is C21H26N4O4S. The molecule has 9 heteroatoms. The van der Waals surface area contributed by atoms with Gasteiger partial charge in [0.05, 0.1) is 14.2 Å². The van der Waals surface area contributed by atoms with Crippen molar-refractivity contribution >= 4 is 34.4 Å². The third-order valence-electron chi connectivity index (χ3n) is 4.61. The number of fused-ring (bicyclic) bond motifs is 1. The van der Waals surface area contributed by atoms with Crippen LogP contribution in [0.15, 0.2) is 28.3 Å². The number of imidazole rings is 1. The fraction of sp³-hybridized carbons (Fsp3) is 0.429. The van der Waals surface area contributed by atoms with Crippen molar-refractivity contribution in [1.29, 1.82) is 0 Å². The van der Waals surface area contributed by atoms with Gasteiger partial charge in [-0.15, -0.1) is 0 Å². The molecule has 1 aromatic heterocycles. The Balaban J connectivity index is 2.12. The smallest absolute Gasteiger partial charge is 0.248 e. The minimum atomic E-state index is -0.162. The summed E-state index contributed by atoms with van der Waals surface area (Å²) in [5.74, 6) is 1.90. The summed E-state index contributed by atoms with van der Waals surface area (Å²) in [6.45, 7) is 5.66. The third kappa shape index (κ3) is 4.07. The number of rotatable bonds is 7. The summed E-state index contributed by atoms with van der Waals surface area (Å²) in [5.41, 5.74) is 0.756. The highest BCUT2D eigenvalue weighted by Gasteiger charge is 2.33. The Morgan fingerprint density at radius 1 is 1.03 bits per heavy atom. The average molecular weight is 431 g/mol. The zero-order valence-corrected chi connectivity index (χ0v) is 18.7. The predicted octanol–water partition coefficient (Wildman–Crippen LogP) is 4.25. The van der Waals surface area contributed by atoms with Crippen molar-refractivity contribution in [3.63, 3.8) is 0 Å². The van der Waals surface area contributed by atoms with E-state index in [2.05, 4.69) is 10.1 Å². The Kier molecular flexibility index (Phi) is 6.81. The van der Waals surface area contributed by atoms with E-state index in [9.17, 15) is 9.59 Å². The standard InChI is InChI=1S/C21H26N4O4S/c1-6-8-17(26)24-13(3)22-19-21(24)30-20(23-25(19)18(27)9-7-2)14-10-11-15(28-4)16(12-14)29-5/h10-12H,6-9H2,1-5H3. The number of amides is 1. The van der Waals surface area contributed by atoms with Crippen molar-refractivity contribution < 1.29 is 19.1 Å². The second-order valence-electron chi connectivity index (χ2n) is 6.80. The molecule has 0 atom stereocenters. The molecule has 0 unspecified atom stereocenters. The van der Waals surface area contributed by atoms with Crippen LogP contribution < -0.4 is 14.5 Å². The number of carbonyl (C=O) groups is 2. The maximum atomic E-state index is 12.8. The van der Waals surface area contributed by atoms with Gasteiger partial charge >= 0.3 is 0 Å². The van der Waals surface area contributed by atoms with Crippen molar-refractivity contribution in [2.45, 2.75) is 51.5 Å². The summed E-state index contributed by atoms with van der Waals surface area (Å²) < 4.78 is 12.3. The first kappa shape index (κ1) is 21.9. The molecule has 0 fully saturated rings. The number of anilines is 1. The molecule has 160 valence electrons. The van der Waals surface area contributed by atoms with Crippen LogP contribution in [0.5, 0.6) is 11.5 Å². The van der Waals surface area contributed by atoms with E-state index in [1.807, 2.05) is 19.9 Å². The zero-order valence-electron chi connectivity index (χ0n) is 17.9. The van der Waals surface area contributed by atoms with Crippen molar-refractivity contribution in [3.05, 3.63) is 29.6 Å². The second kappa shape index (κ2) is 9.34. The number of benzene rings is 1. The first-order chi connectivity index (χ1) is 14.4. The number of carbonyl (C=O) groups excluding carboxylic acids is 2. The molecule has 0 saturated carbocycles. The number of hydrogen-bond acceptors (Lipinski definition) is 7. The molecule has 0 radical (unpaired) electrons. The first-order valence-electron chi connectivity index (χ1n) is 9.89. The minimum absolute atomic E-state index is 0.0484. The van der Waals surface area contributed by atoms with E-state index in [-0.39, 0.29) is 11.8 Å². The Hall–Kier alpha value is -2.81.